The molecule has 0 saturated heterocycles. The van der Waals surface area contributed by atoms with Gasteiger partial charge in [-0.3, -0.25) is 9.59 Å². The molecule has 3 rings (SSSR count). The fraction of sp³-hybridized carbons (Fsp3) is 0.250. The molecule has 1 amide bonds. The lowest BCUT2D eigenvalue weighted by atomic mass is 10.1. The molecule has 1 aromatic heterocycles. The first-order valence-electron chi connectivity index (χ1n) is 8.67. The summed E-state index contributed by atoms with van der Waals surface area (Å²) in [5, 5.41) is 0. The zero-order valence-corrected chi connectivity index (χ0v) is 17.5. The van der Waals surface area contributed by atoms with Gasteiger partial charge in [-0.15, -0.1) is 0 Å². The number of esters is 1. The third kappa shape index (κ3) is 3.99. The molecule has 158 valence electrons. The van der Waals surface area contributed by atoms with Crippen molar-refractivity contribution < 1.29 is 32.9 Å². The van der Waals surface area contributed by atoms with Gasteiger partial charge in [0.25, 0.3) is 5.91 Å². The molecular formula is C20H19FN2O6S. The number of amides is 1. The minimum Gasteiger partial charge on any atom is -0.493 e. The summed E-state index contributed by atoms with van der Waals surface area (Å²) in [6.07, 6.45) is 0. The second kappa shape index (κ2) is 8.95. The summed E-state index contributed by atoms with van der Waals surface area (Å²) >= 11 is 1.08. The Morgan fingerprint density at radius 2 is 1.73 bits per heavy atom. The SMILES string of the molecule is COC(=O)Cn1c(=NC(=O)c2cc(OC)c(OC)c(OC)c2)sc2cccc(F)c21. The van der Waals surface area contributed by atoms with E-state index in [1.807, 2.05) is 0 Å². The molecule has 3 aromatic rings. The van der Waals surface area contributed by atoms with E-state index in [9.17, 15) is 14.0 Å². The van der Waals surface area contributed by atoms with Crippen molar-refractivity contribution in [1.82, 2.24) is 4.57 Å². The molecule has 0 spiro atoms. The van der Waals surface area contributed by atoms with Gasteiger partial charge in [0, 0.05) is 5.56 Å². The second-order valence-electron chi connectivity index (χ2n) is 5.96. The van der Waals surface area contributed by atoms with E-state index in [-0.39, 0.29) is 22.4 Å². The number of para-hydroxylation sites is 1. The summed E-state index contributed by atoms with van der Waals surface area (Å²) < 4.78 is 36.7. The van der Waals surface area contributed by atoms with E-state index in [0.29, 0.717) is 21.9 Å². The van der Waals surface area contributed by atoms with E-state index < -0.39 is 17.7 Å². The number of benzene rings is 2. The lowest BCUT2D eigenvalue weighted by Crippen LogP contribution is -2.22. The summed E-state index contributed by atoms with van der Waals surface area (Å²) in [6, 6.07) is 7.42. The van der Waals surface area contributed by atoms with Crippen LogP contribution in [0.2, 0.25) is 0 Å². The van der Waals surface area contributed by atoms with Gasteiger partial charge in [-0.05, 0) is 24.3 Å². The summed E-state index contributed by atoms with van der Waals surface area (Å²) in [5.41, 5.74) is 0.344. The molecule has 0 atom stereocenters. The molecule has 0 aliphatic carbocycles. The highest BCUT2D eigenvalue weighted by atomic mass is 32.1. The fourth-order valence-corrected chi connectivity index (χ4v) is 3.91. The lowest BCUT2D eigenvalue weighted by molar-refractivity contribution is -0.141. The first-order valence-corrected chi connectivity index (χ1v) is 9.48. The van der Waals surface area contributed by atoms with Crippen molar-refractivity contribution in [2.45, 2.75) is 6.54 Å². The quantitative estimate of drug-likeness (QED) is 0.555. The van der Waals surface area contributed by atoms with Crippen LogP contribution >= 0.6 is 11.3 Å². The van der Waals surface area contributed by atoms with Crippen molar-refractivity contribution in [1.29, 1.82) is 0 Å². The van der Waals surface area contributed by atoms with Crippen LogP contribution in [0, 0.1) is 5.82 Å². The van der Waals surface area contributed by atoms with Gasteiger partial charge in [-0.1, -0.05) is 17.4 Å². The molecule has 0 radical (unpaired) electrons. The van der Waals surface area contributed by atoms with E-state index in [0.717, 1.165) is 11.3 Å². The van der Waals surface area contributed by atoms with Crippen molar-refractivity contribution >= 4 is 33.4 Å². The Morgan fingerprint density at radius 1 is 1.07 bits per heavy atom. The number of ether oxygens (including phenoxy) is 4. The van der Waals surface area contributed by atoms with Crippen LogP contribution in [0.5, 0.6) is 17.2 Å². The van der Waals surface area contributed by atoms with Crippen LogP contribution in [0.25, 0.3) is 10.2 Å². The molecule has 0 aliphatic heterocycles. The van der Waals surface area contributed by atoms with E-state index in [2.05, 4.69) is 4.99 Å². The maximum atomic E-state index is 14.4. The van der Waals surface area contributed by atoms with Gasteiger partial charge in [0.05, 0.1) is 38.7 Å². The molecule has 0 saturated carbocycles. The van der Waals surface area contributed by atoms with Gasteiger partial charge in [-0.2, -0.15) is 4.99 Å². The van der Waals surface area contributed by atoms with Gasteiger partial charge < -0.3 is 23.5 Å². The van der Waals surface area contributed by atoms with Crippen LogP contribution in [0.4, 0.5) is 4.39 Å². The molecule has 0 aliphatic rings. The van der Waals surface area contributed by atoms with Gasteiger partial charge >= 0.3 is 5.97 Å². The highest BCUT2D eigenvalue weighted by molar-refractivity contribution is 7.16. The number of nitrogens with zero attached hydrogens (tertiary/aromatic N) is 2. The minimum atomic E-state index is -0.625. The predicted molar refractivity (Wildman–Crippen MR) is 108 cm³/mol. The zero-order valence-electron chi connectivity index (χ0n) is 16.7. The Kier molecular flexibility index (Phi) is 6.36. The van der Waals surface area contributed by atoms with Gasteiger partial charge in [0.1, 0.15) is 12.4 Å². The number of halogens is 1. The summed E-state index contributed by atoms with van der Waals surface area (Å²) in [7, 11) is 5.54. The highest BCUT2D eigenvalue weighted by Crippen LogP contribution is 2.38. The molecule has 0 N–H and O–H groups in total. The predicted octanol–water partition coefficient (Wildman–Crippen LogP) is 2.78. The van der Waals surface area contributed by atoms with Gasteiger partial charge in [-0.25, -0.2) is 4.39 Å². The van der Waals surface area contributed by atoms with Crippen LogP contribution in [-0.2, 0) is 16.1 Å². The number of hydrogen-bond donors (Lipinski definition) is 0. The van der Waals surface area contributed by atoms with Crippen LogP contribution < -0.4 is 19.0 Å². The van der Waals surface area contributed by atoms with Crippen LogP contribution in [0.1, 0.15) is 10.4 Å². The molecule has 8 nitrogen and oxygen atoms in total. The van der Waals surface area contributed by atoms with Crippen LogP contribution in [0.3, 0.4) is 0 Å². The molecule has 1 heterocycles. The molecule has 10 heteroatoms. The third-order valence-electron chi connectivity index (χ3n) is 4.28. The van der Waals surface area contributed by atoms with E-state index >= 15 is 0 Å². The normalized spacial score (nSPS) is 11.4. The molecular weight excluding hydrogens is 415 g/mol. The van der Waals surface area contributed by atoms with Crippen molar-refractivity contribution in [3.63, 3.8) is 0 Å². The fourth-order valence-electron chi connectivity index (χ4n) is 2.87. The molecule has 0 bridgehead atoms. The lowest BCUT2D eigenvalue weighted by Gasteiger charge is -2.12. The molecule has 0 fully saturated rings. The van der Waals surface area contributed by atoms with E-state index in [1.165, 1.54) is 51.2 Å². The number of fused-ring (bicyclic) bond motifs is 1. The standard InChI is InChI=1S/C20H19FN2O6S/c1-26-13-8-11(9-14(27-2)18(13)29-4)19(25)22-20-23(10-16(24)28-3)17-12(21)6-5-7-15(17)30-20/h5-9H,10H2,1-4H3. The van der Waals surface area contributed by atoms with Crippen molar-refractivity contribution in [2.24, 2.45) is 4.99 Å². The number of methoxy groups -OCH3 is 4. The molecule has 30 heavy (non-hydrogen) atoms. The van der Waals surface area contributed by atoms with Crippen LogP contribution in [-0.4, -0.2) is 44.9 Å². The number of carbonyl (C=O) groups excluding carboxylic acids is 2. The van der Waals surface area contributed by atoms with Crippen molar-refractivity contribution in [3.8, 4) is 17.2 Å². The topological polar surface area (TPSA) is 88.4 Å². The Labute approximate surface area is 175 Å². The summed E-state index contributed by atoms with van der Waals surface area (Å²) in [5.74, 6) is -0.838. The van der Waals surface area contributed by atoms with Crippen molar-refractivity contribution in [3.05, 3.63) is 46.5 Å². The average Bonchev–Trinajstić information content (AvgIpc) is 3.10. The average molecular weight is 434 g/mol. The first kappa shape index (κ1) is 21.3. The van der Waals surface area contributed by atoms with Crippen molar-refractivity contribution in [2.75, 3.05) is 28.4 Å². The zero-order chi connectivity index (χ0) is 21.8. The van der Waals surface area contributed by atoms with Gasteiger partial charge in [0.2, 0.25) is 5.75 Å². The number of rotatable bonds is 6. The monoisotopic (exact) mass is 434 g/mol. The Balaban J connectivity index is 2.17. The highest BCUT2D eigenvalue weighted by Gasteiger charge is 2.19. The van der Waals surface area contributed by atoms with Crippen LogP contribution in [0.15, 0.2) is 35.3 Å². The molecule has 2 aromatic carbocycles. The summed E-state index contributed by atoms with van der Waals surface area (Å²) in [6.45, 7) is -0.293. The Hall–Kier alpha value is -3.40. The summed E-state index contributed by atoms with van der Waals surface area (Å²) in [4.78, 5) is 29.0. The largest absolute Gasteiger partial charge is 0.493 e. The number of hydrogen-bond acceptors (Lipinski definition) is 7. The first-order chi connectivity index (χ1) is 14.4. The molecule has 0 unspecified atom stereocenters. The Morgan fingerprint density at radius 3 is 2.30 bits per heavy atom. The second-order valence-corrected chi connectivity index (χ2v) is 6.97. The maximum Gasteiger partial charge on any atom is 0.325 e. The number of thiazole rings is 1. The van der Waals surface area contributed by atoms with Gasteiger partial charge in [0.15, 0.2) is 16.3 Å². The Bertz CT molecular complexity index is 1160. The van der Waals surface area contributed by atoms with E-state index in [4.69, 9.17) is 18.9 Å². The minimum absolute atomic E-state index is 0.152. The third-order valence-corrected chi connectivity index (χ3v) is 5.32. The number of carbonyl (C=O) groups is 2. The van der Waals surface area contributed by atoms with E-state index in [1.54, 1.807) is 12.1 Å². The number of aromatic nitrogens is 1. The smallest absolute Gasteiger partial charge is 0.325 e. The maximum absolute atomic E-state index is 14.4.